The average Bonchev–Trinajstić information content (AvgIpc) is 3.23. The number of pyridine rings is 1. The number of fused-ring (bicyclic) bond motifs is 1. The fraction of sp³-hybridized carbons (Fsp3) is 0.0556. The maximum Gasteiger partial charge on any atom is 0.261 e. The van der Waals surface area contributed by atoms with Crippen LogP contribution in [0, 0.1) is 0 Å². The number of carbonyl (C=O) groups is 1. The number of anilines is 1. The van der Waals surface area contributed by atoms with Gasteiger partial charge in [0, 0.05) is 24.8 Å². The van der Waals surface area contributed by atoms with Crippen molar-refractivity contribution in [3.8, 4) is 5.82 Å². The molecule has 118 valence electrons. The Morgan fingerprint density at radius 2 is 1.88 bits per heavy atom. The lowest BCUT2D eigenvalue weighted by atomic mass is 10.2. The first-order valence-corrected chi connectivity index (χ1v) is 7.54. The monoisotopic (exact) mass is 317 g/mol. The molecule has 0 bridgehead atoms. The number of carbonyl (C=O) groups excluding carboxylic acids is 1. The van der Waals surface area contributed by atoms with Gasteiger partial charge in [0.05, 0.1) is 23.6 Å². The summed E-state index contributed by atoms with van der Waals surface area (Å²) < 4.78 is 3.54. The first kappa shape index (κ1) is 14.2. The maximum atomic E-state index is 12.7. The molecular weight excluding hydrogens is 302 g/mol. The quantitative estimate of drug-likeness (QED) is 0.632. The molecule has 1 N–H and O–H groups in total. The molecule has 0 aliphatic carbocycles. The SMILES string of the molecule is Cn1ncc(C(=O)Nc2cnc3ccccc3c2)c1-n1cccc1. The first-order valence-electron chi connectivity index (χ1n) is 7.54. The van der Waals surface area contributed by atoms with E-state index in [0.29, 0.717) is 17.1 Å². The van der Waals surface area contributed by atoms with Crippen molar-refractivity contribution in [2.45, 2.75) is 0 Å². The second-order valence-corrected chi connectivity index (χ2v) is 5.47. The minimum Gasteiger partial charge on any atom is -0.320 e. The smallest absolute Gasteiger partial charge is 0.261 e. The van der Waals surface area contributed by atoms with E-state index in [9.17, 15) is 4.79 Å². The van der Waals surface area contributed by atoms with Gasteiger partial charge in [-0.15, -0.1) is 0 Å². The summed E-state index contributed by atoms with van der Waals surface area (Å²) in [6.45, 7) is 0. The number of rotatable bonds is 3. The zero-order valence-corrected chi connectivity index (χ0v) is 13.0. The number of aromatic nitrogens is 4. The zero-order valence-electron chi connectivity index (χ0n) is 13.0. The Kier molecular flexibility index (Phi) is 3.35. The molecule has 0 unspecified atom stereocenters. The summed E-state index contributed by atoms with van der Waals surface area (Å²) >= 11 is 0. The molecule has 0 aliphatic heterocycles. The third-order valence-corrected chi connectivity index (χ3v) is 3.85. The van der Waals surface area contributed by atoms with Crippen LogP contribution in [0.2, 0.25) is 0 Å². The van der Waals surface area contributed by atoms with Gasteiger partial charge in [0.1, 0.15) is 11.4 Å². The molecule has 1 aromatic carbocycles. The number of nitrogens with zero attached hydrogens (tertiary/aromatic N) is 4. The van der Waals surface area contributed by atoms with Crippen molar-refractivity contribution in [1.82, 2.24) is 19.3 Å². The number of hydrogen-bond acceptors (Lipinski definition) is 3. The van der Waals surface area contributed by atoms with Crippen LogP contribution in [0.5, 0.6) is 0 Å². The maximum absolute atomic E-state index is 12.7. The molecule has 0 spiro atoms. The highest BCUT2D eigenvalue weighted by atomic mass is 16.1. The fourth-order valence-electron chi connectivity index (χ4n) is 2.71. The largest absolute Gasteiger partial charge is 0.320 e. The summed E-state index contributed by atoms with van der Waals surface area (Å²) in [5, 5.41) is 8.08. The molecule has 4 rings (SSSR count). The van der Waals surface area contributed by atoms with Crippen LogP contribution in [0.15, 0.2) is 67.3 Å². The number of nitrogens with one attached hydrogen (secondary N) is 1. The van der Waals surface area contributed by atoms with E-state index in [2.05, 4.69) is 15.4 Å². The fourth-order valence-corrected chi connectivity index (χ4v) is 2.71. The van der Waals surface area contributed by atoms with Crippen molar-refractivity contribution in [2.24, 2.45) is 7.05 Å². The molecule has 0 fully saturated rings. The van der Waals surface area contributed by atoms with Gasteiger partial charge in [-0.3, -0.25) is 14.5 Å². The van der Waals surface area contributed by atoms with Crippen molar-refractivity contribution in [3.63, 3.8) is 0 Å². The van der Waals surface area contributed by atoms with E-state index in [1.807, 2.05) is 66.5 Å². The predicted octanol–water partition coefficient (Wildman–Crippen LogP) is 3.01. The van der Waals surface area contributed by atoms with Gasteiger partial charge in [0.25, 0.3) is 5.91 Å². The Morgan fingerprint density at radius 3 is 2.71 bits per heavy atom. The highest BCUT2D eigenvalue weighted by molar-refractivity contribution is 6.06. The van der Waals surface area contributed by atoms with Crippen LogP contribution in [0.1, 0.15) is 10.4 Å². The van der Waals surface area contributed by atoms with E-state index >= 15 is 0 Å². The molecule has 0 saturated heterocycles. The van der Waals surface area contributed by atoms with Gasteiger partial charge in [0.2, 0.25) is 0 Å². The van der Waals surface area contributed by atoms with Crippen LogP contribution in [0.3, 0.4) is 0 Å². The van der Waals surface area contributed by atoms with Gasteiger partial charge in [0.15, 0.2) is 0 Å². The van der Waals surface area contributed by atoms with Gasteiger partial charge >= 0.3 is 0 Å². The van der Waals surface area contributed by atoms with Crippen molar-refractivity contribution in [3.05, 3.63) is 72.8 Å². The van der Waals surface area contributed by atoms with Crippen LogP contribution in [-0.2, 0) is 7.05 Å². The molecule has 3 aromatic heterocycles. The molecule has 4 aromatic rings. The molecule has 0 aliphatic rings. The van der Waals surface area contributed by atoms with Crippen LogP contribution >= 0.6 is 0 Å². The average molecular weight is 317 g/mol. The normalized spacial score (nSPS) is 10.9. The lowest BCUT2D eigenvalue weighted by molar-refractivity contribution is 0.102. The van der Waals surface area contributed by atoms with Crippen molar-refractivity contribution in [2.75, 3.05) is 5.32 Å². The van der Waals surface area contributed by atoms with Gasteiger partial charge in [-0.2, -0.15) is 5.10 Å². The molecule has 0 radical (unpaired) electrons. The third-order valence-electron chi connectivity index (χ3n) is 3.85. The Balaban J connectivity index is 1.67. The van der Waals surface area contributed by atoms with Crippen molar-refractivity contribution >= 4 is 22.5 Å². The Labute approximate surface area is 138 Å². The third kappa shape index (κ3) is 2.44. The topological polar surface area (TPSA) is 64.7 Å². The number of para-hydroxylation sites is 1. The summed E-state index contributed by atoms with van der Waals surface area (Å²) in [6, 6.07) is 13.5. The second kappa shape index (κ2) is 5.66. The summed E-state index contributed by atoms with van der Waals surface area (Å²) in [7, 11) is 1.81. The van der Waals surface area contributed by atoms with Gasteiger partial charge < -0.3 is 9.88 Å². The number of benzene rings is 1. The molecule has 6 heteroatoms. The van der Waals surface area contributed by atoms with E-state index in [4.69, 9.17) is 0 Å². The number of aryl methyl sites for hydroxylation is 1. The molecular formula is C18H15N5O. The molecule has 24 heavy (non-hydrogen) atoms. The Hall–Kier alpha value is -3.41. The Morgan fingerprint density at radius 1 is 1.08 bits per heavy atom. The molecule has 1 amide bonds. The van der Waals surface area contributed by atoms with Crippen LogP contribution < -0.4 is 5.32 Å². The molecule has 0 saturated carbocycles. The van der Waals surface area contributed by atoms with E-state index in [-0.39, 0.29) is 5.91 Å². The van der Waals surface area contributed by atoms with E-state index in [1.165, 1.54) is 0 Å². The highest BCUT2D eigenvalue weighted by Crippen LogP contribution is 2.19. The van der Waals surface area contributed by atoms with Crippen molar-refractivity contribution < 1.29 is 4.79 Å². The Bertz CT molecular complexity index is 1020. The van der Waals surface area contributed by atoms with E-state index in [0.717, 1.165) is 10.9 Å². The van der Waals surface area contributed by atoms with Gasteiger partial charge in [-0.25, -0.2) is 0 Å². The number of hydrogen-bond donors (Lipinski definition) is 1. The summed E-state index contributed by atoms with van der Waals surface area (Å²) in [6.07, 6.45) is 6.99. The minimum absolute atomic E-state index is 0.219. The standard InChI is InChI=1S/C18H15N5O/c1-22-18(23-8-4-5-9-23)15(12-20-22)17(24)21-14-10-13-6-2-3-7-16(13)19-11-14/h2-12H,1H3,(H,21,24). The number of amides is 1. The minimum atomic E-state index is -0.219. The second-order valence-electron chi connectivity index (χ2n) is 5.47. The summed E-state index contributed by atoms with van der Waals surface area (Å²) in [4.78, 5) is 17.0. The van der Waals surface area contributed by atoms with Gasteiger partial charge in [-0.05, 0) is 24.3 Å². The molecule has 0 atom stereocenters. The highest BCUT2D eigenvalue weighted by Gasteiger charge is 2.17. The summed E-state index contributed by atoms with van der Waals surface area (Å²) in [5.41, 5.74) is 2.05. The van der Waals surface area contributed by atoms with E-state index in [1.54, 1.807) is 17.1 Å². The van der Waals surface area contributed by atoms with Crippen molar-refractivity contribution in [1.29, 1.82) is 0 Å². The van der Waals surface area contributed by atoms with Gasteiger partial charge in [-0.1, -0.05) is 18.2 Å². The lowest BCUT2D eigenvalue weighted by Crippen LogP contribution is -2.15. The predicted molar refractivity (Wildman–Crippen MR) is 92.2 cm³/mol. The summed E-state index contributed by atoms with van der Waals surface area (Å²) in [5.74, 6) is 0.495. The van der Waals surface area contributed by atoms with Crippen LogP contribution in [-0.4, -0.2) is 25.2 Å². The van der Waals surface area contributed by atoms with Crippen LogP contribution in [0.25, 0.3) is 16.7 Å². The molecule has 6 nitrogen and oxygen atoms in total. The lowest BCUT2D eigenvalue weighted by Gasteiger charge is -2.09. The first-order chi connectivity index (χ1) is 11.7. The van der Waals surface area contributed by atoms with Crippen LogP contribution in [0.4, 0.5) is 5.69 Å². The zero-order chi connectivity index (χ0) is 16.5. The molecule has 3 heterocycles. The van der Waals surface area contributed by atoms with E-state index < -0.39 is 0 Å².